The Balaban J connectivity index is 2.13. The van der Waals surface area contributed by atoms with Crippen LogP contribution in [0.1, 0.15) is 32.8 Å². The molecular formula is C17H28BrN3. The van der Waals surface area contributed by atoms with E-state index in [-0.39, 0.29) is 11.6 Å². The summed E-state index contributed by atoms with van der Waals surface area (Å²) in [5.74, 6) is 0. The molecule has 1 saturated heterocycles. The van der Waals surface area contributed by atoms with Gasteiger partial charge in [-0.25, -0.2) is 0 Å². The van der Waals surface area contributed by atoms with Gasteiger partial charge in [-0.1, -0.05) is 28.9 Å². The lowest BCUT2D eigenvalue weighted by Gasteiger charge is -2.46. The number of benzene rings is 1. The summed E-state index contributed by atoms with van der Waals surface area (Å²) in [4.78, 5) is 4.92. The Labute approximate surface area is 137 Å². The molecule has 1 heterocycles. The zero-order valence-electron chi connectivity index (χ0n) is 13.7. The third kappa shape index (κ3) is 3.99. The van der Waals surface area contributed by atoms with Crippen LogP contribution in [-0.2, 0) is 6.42 Å². The third-order valence-electron chi connectivity index (χ3n) is 4.72. The second kappa shape index (κ2) is 6.67. The van der Waals surface area contributed by atoms with E-state index in [2.05, 4.69) is 71.7 Å². The summed E-state index contributed by atoms with van der Waals surface area (Å²) in [5, 5.41) is 0. The Hall–Kier alpha value is -0.580. The molecule has 0 spiro atoms. The van der Waals surface area contributed by atoms with Gasteiger partial charge in [-0.3, -0.25) is 4.90 Å². The highest BCUT2D eigenvalue weighted by molar-refractivity contribution is 9.10. The van der Waals surface area contributed by atoms with Crippen LogP contribution in [0.4, 0.5) is 5.69 Å². The van der Waals surface area contributed by atoms with Crippen molar-refractivity contribution in [1.82, 2.24) is 4.90 Å². The van der Waals surface area contributed by atoms with Gasteiger partial charge in [0.25, 0.3) is 0 Å². The van der Waals surface area contributed by atoms with Crippen molar-refractivity contribution in [2.75, 3.05) is 31.6 Å². The number of hydrogen-bond acceptors (Lipinski definition) is 3. The fourth-order valence-electron chi connectivity index (χ4n) is 2.79. The van der Waals surface area contributed by atoms with E-state index < -0.39 is 0 Å². The molecule has 1 aliphatic heterocycles. The third-order valence-corrected chi connectivity index (χ3v) is 5.46. The first-order chi connectivity index (χ1) is 9.83. The smallest absolute Gasteiger partial charge is 0.0378 e. The first kappa shape index (κ1) is 16.8. The lowest BCUT2D eigenvalue weighted by molar-refractivity contribution is 0.139. The first-order valence-electron chi connectivity index (χ1n) is 7.83. The van der Waals surface area contributed by atoms with Crippen LogP contribution in [0.25, 0.3) is 0 Å². The monoisotopic (exact) mass is 353 g/mol. The van der Waals surface area contributed by atoms with Crippen molar-refractivity contribution in [2.24, 2.45) is 5.73 Å². The average molecular weight is 354 g/mol. The molecular weight excluding hydrogens is 326 g/mol. The van der Waals surface area contributed by atoms with Gasteiger partial charge in [-0.05, 0) is 51.4 Å². The van der Waals surface area contributed by atoms with Crippen molar-refractivity contribution in [2.45, 2.75) is 45.2 Å². The molecule has 1 fully saturated rings. The van der Waals surface area contributed by atoms with Crippen molar-refractivity contribution in [3.05, 3.63) is 28.2 Å². The van der Waals surface area contributed by atoms with Gasteiger partial charge in [0.2, 0.25) is 0 Å². The fraction of sp³-hybridized carbons (Fsp3) is 0.647. The normalized spacial score (nSPS) is 20.6. The number of nitrogens with zero attached hydrogens (tertiary/aromatic N) is 2. The summed E-state index contributed by atoms with van der Waals surface area (Å²) in [6.07, 6.45) is 1.95. The highest BCUT2D eigenvalue weighted by Gasteiger charge is 2.31. The minimum absolute atomic E-state index is 0.216. The van der Waals surface area contributed by atoms with Crippen molar-refractivity contribution in [3.8, 4) is 0 Å². The Morgan fingerprint density at radius 1 is 1.33 bits per heavy atom. The van der Waals surface area contributed by atoms with Gasteiger partial charge in [0.15, 0.2) is 0 Å². The van der Waals surface area contributed by atoms with Gasteiger partial charge in [0, 0.05) is 41.4 Å². The standard InChI is InChI=1S/C17H28BrN3/c1-5-14(19)10-13-6-7-15(11-16(13)18)21-9-8-20(4)17(2,3)12-21/h6-7,11,14H,5,8-10,12,19H2,1-4H3. The molecule has 21 heavy (non-hydrogen) atoms. The van der Waals surface area contributed by atoms with E-state index >= 15 is 0 Å². The number of likely N-dealkylation sites (N-methyl/N-ethyl adjacent to an activating group) is 1. The summed E-state index contributed by atoms with van der Waals surface area (Å²) in [6, 6.07) is 6.96. The predicted octanol–water partition coefficient (Wildman–Crippen LogP) is 3.26. The van der Waals surface area contributed by atoms with E-state index in [4.69, 9.17) is 5.73 Å². The van der Waals surface area contributed by atoms with Gasteiger partial charge >= 0.3 is 0 Å². The van der Waals surface area contributed by atoms with Gasteiger partial charge in [-0.15, -0.1) is 0 Å². The van der Waals surface area contributed by atoms with Crippen LogP contribution in [0.2, 0.25) is 0 Å². The Morgan fingerprint density at radius 3 is 2.62 bits per heavy atom. The molecule has 1 atom stereocenters. The molecule has 0 radical (unpaired) electrons. The van der Waals surface area contributed by atoms with E-state index in [0.29, 0.717) is 0 Å². The molecule has 0 saturated carbocycles. The van der Waals surface area contributed by atoms with Crippen molar-refractivity contribution in [3.63, 3.8) is 0 Å². The maximum Gasteiger partial charge on any atom is 0.0378 e. The zero-order valence-corrected chi connectivity index (χ0v) is 15.3. The Kier molecular flexibility index (Phi) is 5.33. The maximum absolute atomic E-state index is 6.07. The topological polar surface area (TPSA) is 32.5 Å². The lowest BCUT2D eigenvalue weighted by Crippen LogP contribution is -2.57. The Bertz CT molecular complexity index is 487. The zero-order chi connectivity index (χ0) is 15.6. The maximum atomic E-state index is 6.07. The highest BCUT2D eigenvalue weighted by atomic mass is 79.9. The second-order valence-corrected chi connectivity index (χ2v) is 7.66. The van der Waals surface area contributed by atoms with Crippen molar-refractivity contribution < 1.29 is 0 Å². The molecule has 0 aliphatic carbocycles. The van der Waals surface area contributed by atoms with Crippen LogP contribution in [0, 0.1) is 0 Å². The SMILES string of the molecule is CCC(N)Cc1ccc(N2CCN(C)C(C)(C)C2)cc1Br. The first-order valence-corrected chi connectivity index (χ1v) is 8.63. The lowest BCUT2D eigenvalue weighted by atomic mass is 9.98. The molecule has 2 rings (SSSR count). The largest absolute Gasteiger partial charge is 0.368 e. The van der Waals surface area contributed by atoms with Crippen LogP contribution >= 0.6 is 15.9 Å². The molecule has 1 aromatic rings. The summed E-state index contributed by atoms with van der Waals surface area (Å²) >= 11 is 3.72. The van der Waals surface area contributed by atoms with Gasteiger partial charge in [-0.2, -0.15) is 0 Å². The van der Waals surface area contributed by atoms with Crippen molar-refractivity contribution in [1.29, 1.82) is 0 Å². The molecule has 1 unspecified atom stereocenters. The second-order valence-electron chi connectivity index (χ2n) is 6.80. The van der Waals surface area contributed by atoms with Crippen LogP contribution in [-0.4, -0.2) is 43.2 Å². The van der Waals surface area contributed by atoms with Gasteiger partial charge in [0.05, 0.1) is 0 Å². The van der Waals surface area contributed by atoms with E-state index in [0.717, 1.165) is 32.5 Å². The van der Waals surface area contributed by atoms with Crippen molar-refractivity contribution >= 4 is 21.6 Å². The van der Waals surface area contributed by atoms with Gasteiger partial charge < -0.3 is 10.6 Å². The van der Waals surface area contributed by atoms with Crippen LogP contribution < -0.4 is 10.6 Å². The molecule has 1 aromatic carbocycles. The van der Waals surface area contributed by atoms with E-state index in [9.17, 15) is 0 Å². The minimum Gasteiger partial charge on any atom is -0.368 e. The number of anilines is 1. The van der Waals surface area contributed by atoms with E-state index in [1.807, 2.05) is 0 Å². The van der Waals surface area contributed by atoms with E-state index in [1.165, 1.54) is 15.7 Å². The number of halogens is 1. The van der Waals surface area contributed by atoms with Crippen LogP contribution in [0.3, 0.4) is 0 Å². The molecule has 0 amide bonds. The van der Waals surface area contributed by atoms with Gasteiger partial charge in [0.1, 0.15) is 0 Å². The summed E-state index contributed by atoms with van der Waals surface area (Å²) < 4.78 is 1.18. The molecule has 0 bridgehead atoms. The van der Waals surface area contributed by atoms with E-state index in [1.54, 1.807) is 0 Å². The quantitative estimate of drug-likeness (QED) is 0.901. The summed E-state index contributed by atoms with van der Waals surface area (Å²) in [7, 11) is 2.21. The number of piperazine rings is 1. The molecule has 1 aliphatic rings. The molecule has 3 nitrogen and oxygen atoms in total. The van der Waals surface area contributed by atoms with Crippen LogP contribution in [0.5, 0.6) is 0 Å². The molecule has 2 N–H and O–H groups in total. The molecule has 0 aromatic heterocycles. The predicted molar refractivity (Wildman–Crippen MR) is 95.0 cm³/mol. The number of nitrogens with two attached hydrogens (primary N) is 1. The average Bonchev–Trinajstić information content (AvgIpc) is 2.43. The molecule has 4 heteroatoms. The Morgan fingerprint density at radius 2 is 2.05 bits per heavy atom. The highest BCUT2D eigenvalue weighted by Crippen LogP contribution is 2.29. The number of hydrogen-bond donors (Lipinski definition) is 1. The van der Waals surface area contributed by atoms with Crippen LogP contribution in [0.15, 0.2) is 22.7 Å². The summed E-state index contributed by atoms with van der Waals surface area (Å²) in [5.41, 5.74) is 8.89. The summed E-state index contributed by atoms with van der Waals surface area (Å²) in [6.45, 7) is 10.0. The number of rotatable bonds is 4. The minimum atomic E-state index is 0.216. The fourth-order valence-corrected chi connectivity index (χ4v) is 3.31. The molecule has 118 valence electrons.